The lowest BCUT2D eigenvalue weighted by molar-refractivity contribution is -0.148. The van der Waals surface area contributed by atoms with Crippen molar-refractivity contribution in [1.82, 2.24) is 10.2 Å². The molecule has 0 aliphatic heterocycles. The van der Waals surface area contributed by atoms with Gasteiger partial charge in [0.25, 0.3) is 0 Å². The van der Waals surface area contributed by atoms with Crippen LogP contribution in [0.25, 0.3) is 0 Å². The minimum atomic E-state index is -1.01. The molecule has 0 heterocycles. The number of carboxylic acids is 1. The maximum absolute atomic E-state index is 11.9. The molecule has 0 spiro atoms. The molecule has 0 radical (unpaired) electrons. The summed E-state index contributed by atoms with van der Waals surface area (Å²) in [6.45, 7) is 6.23. The molecule has 0 unspecified atom stereocenters. The van der Waals surface area contributed by atoms with Crippen LogP contribution in [0.2, 0.25) is 0 Å². The van der Waals surface area contributed by atoms with E-state index in [0.29, 0.717) is 78.0 Å². The van der Waals surface area contributed by atoms with Gasteiger partial charge in [-0.3, -0.25) is 9.59 Å². The molecule has 11 nitrogen and oxygen atoms in total. The van der Waals surface area contributed by atoms with Gasteiger partial charge in [0.05, 0.1) is 52.3 Å². The molecule has 2 atom stereocenters. The Morgan fingerprint density at radius 2 is 1.45 bits per heavy atom. The number of hydrogen-bond acceptors (Lipinski definition) is 10. The van der Waals surface area contributed by atoms with Crippen LogP contribution in [0.3, 0.4) is 0 Å². The lowest BCUT2D eigenvalue weighted by Crippen LogP contribution is -2.43. The van der Waals surface area contributed by atoms with Crippen LogP contribution in [0.5, 0.6) is 0 Å². The molecule has 0 saturated carbocycles. The predicted octanol–water partition coefficient (Wildman–Crippen LogP) is 1.83. The molecule has 0 bridgehead atoms. The Kier molecular flexibility index (Phi) is 21.5. The number of nitrogens with one attached hydrogen (secondary N) is 1. The Morgan fingerprint density at radius 3 is 2.02 bits per heavy atom. The number of hydrogen-bond donors (Lipinski definition) is 3. The fourth-order valence-corrected chi connectivity index (χ4v) is 5.07. The highest BCUT2D eigenvalue weighted by Gasteiger charge is 2.21. The highest BCUT2D eigenvalue weighted by atomic mass is 33.1. The third kappa shape index (κ3) is 18.5. The van der Waals surface area contributed by atoms with Crippen LogP contribution in [0.15, 0.2) is 30.3 Å². The normalized spacial score (nSPS) is 12.7. The van der Waals surface area contributed by atoms with E-state index in [0.717, 1.165) is 17.7 Å². The molecule has 0 fully saturated rings. The van der Waals surface area contributed by atoms with Gasteiger partial charge in [-0.2, -0.15) is 0 Å². The van der Waals surface area contributed by atoms with E-state index >= 15 is 0 Å². The van der Waals surface area contributed by atoms with Gasteiger partial charge in [-0.15, -0.1) is 0 Å². The van der Waals surface area contributed by atoms with E-state index < -0.39 is 18.1 Å². The highest BCUT2D eigenvalue weighted by Crippen LogP contribution is 2.22. The van der Waals surface area contributed by atoms with E-state index in [-0.39, 0.29) is 11.8 Å². The number of ether oxygens (including phenoxy) is 4. The van der Waals surface area contributed by atoms with E-state index in [9.17, 15) is 14.4 Å². The molecular formula is C27H45N3O8S2. The molecule has 4 N–H and O–H groups in total. The number of likely N-dealkylation sites (N-methyl/N-ethyl adjacent to an activating group) is 1. The molecule has 0 aliphatic rings. The maximum atomic E-state index is 11.9. The first kappa shape index (κ1) is 36.2. The van der Waals surface area contributed by atoms with E-state index in [4.69, 9.17) is 29.8 Å². The minimum absolute atomic E-state index is 0.174. The average molecular weight is 604 g/mol. The van der Waals surface area contributed by atoms with Gasteiger partial charge in [0.1, 0.15) is 6.04 Å². The van der Waals surface area contributed by atoms with Gasteiger partial charge in [-0.05, 0) is 31.9 Å². The van der Waals surface area contributed by atoms with Crippen molar-refractivity contribution >= 4 is 39.4 Å². The molecule has 1 rings (SSSR count). The van der Waals surface area contributed by atoms with Crippen molar-refractivity contribution in [3.63, 3.8) is 0 Å². The molecule has 0 saturated heterocycles. The molecule has 228 valence electrons. The van der Waals surface area contributed by atoms with Crippen molar-refractivity contribution in [2.75, 3.05) is 78.0 Å². The highest BCUT2D eigenvalue weighted by molar-refractivity contribution is 8.76. The van der Waals surface area contributed by atoms with Gasteiger partial charge < -0.3 is 40.0 Å². The third-order valence-corrected chi connectivity index (χ3v) is 8.09. The number of nitrogens with two attached hydrogens (primary N) is 1. The summed E-state index contributed by atoms with van der Waals surface area (Å²) in [4.78, 5) is 35.8. The van der Waals surface area contributed by atoms with Crippen LogP contribution in [0.1, 0.15) is 25.3 Å². The topological polar surface area (TPSA) is 150 Å². The Hall–Kier alpha value is -1.87. The molecule has 1 aromatic carbocycles. The molecule has 2 amide bonds. The number of amides is 2. The summed E-state index contributed by atoms with van der Waals surface area (Å²) < 4.78 is 22.0. The monoisotopic (exact) mass is 603 g/mol. The summed E-state index contributed by atoms with van der Waals surface area (Å²) in [5, 5.41) is 12.1. The zero-order chi connectivity index (χ0) is 29.4. The lowest BCUT2D eigenvalue weighted by Gasteiger charge is -2.21. The first-order valence-electron chi connectivity index (χ1n) is 13.4. The quantitative estimate of drug-likeness (QED) is 0.105. The maximum Gasteiger partial charge on any atom is 0.326 e. The average Bonchev–Trinajstić information content (AvgIpc) is 2.94. The van der Waals surface area contributed by atoms with Crippen molar-refractivity contribution in [2.24, 2.45) is 5.73 Å². The van der Waals surface area contributed by atoms with E-state index in [1.165, 1.54) is 18.9 Å². The standard InChI is InChI=1S/C27H45N3O8S2/c1-22(27(33)34)30(2)25(31)9-19-39-40-20-18-38-17-16-37-15-14-36-13-12-35-11-6-10-29-24(26(28)32)21-23-7-4-3-5-8-23/h3-5,7-8,22,24,29H,6,9-21H2,1-2H3,(H2,28,32)(H,33,34)/t22-,24+/m0/s1. The van der Waals surface area contributed by atoms with Gasteiger partial charge in [0, 0.05) is 31.6 Å². The summed E-state index contributed by atoms with van der Waals surface area (Å²) in [7, 11) is 4.70. The van der Waals surface area contributed by atoms with Crippen molar-refractivity contribution in [3.8, 4) is 0 Å². The van der Waals surface area contributed by atoms with Crippen molar-refractivity contribution in [3.05, 3.63) is 35.9 Å². The van der Waals surface area contributed by atoms with Gasteiger partial charge >= 0.3 is 5.97 Å². The van der Waals surface area contributed by atoms with E-state index in [2.05, 4.69) is 5.32 Å². The summed E-state index contributed by atoms with van der Waals surface area (Å²) in [6.07, 6.45) is 1.64. The number of primary amides is 1. The van der Waals surface area contributed by atoms with Crippen LogP contribution in [0.4, 0.5) is 0 Å². The number of rotatable bonds is 26. The van der Waals surface area contributed by atoms with Crippen LogP contribution in [-0.4, -0.2) is 118 Å². The van der Waals surface area contributed by atoms with Crippen LogP contribution >= 0.6 is 21.6 Å². The van der Waals surface area contributed by atoms with Crippen molar-refractivity contribution in [2.45, 2.75) is 38.3 Å². The summed E-state index contributed by atoms with van der Waals surface area (Å²) in [6, 6.07) is 8.57. The molecule has 0 aromatic heterocycles. The largest absolute Gasteiger partial charge is 0.480 e. The smallest absolute Gasteiger partial charge is 0.326 e. The molecule has 13 heteroatoms. The Labute approximate surface area is 245 Å². The summed E-state index contributed by atoms with van der Waals surface area (Å²) in [5.41, 5.74) is 6.57. The number of carboxylic acid groups (broad SMARTS) is 1. The zero-order valence-corrected chi connectivity index (χ0v) is 25.2. The van der Waals surface area contributed by atoms with E-state index in [1.54, 1.807) is 21.6 Å². The van der Waals surface area contributed by atoms with Gasteiger partial charge in [0.15, 0.2) is 0 Å². The first-order valence-corrected chi connectivity index (χ1v) is 15.9. The fourth-order valence-electron chi connectivity index (χ4n) is 3.23. The second-order valence-electron chi connectivity index (χ2n) is 8.81. The minimum Gasteiger partial charge on any atom is -0.480 e. The van der Waals surface area contributed by atoms with Crippen LogP contribution < -0.4 is 11.1 Å². The van der Waals surface area contributed by atoms with Gasteiger partial charge in [-0.1, -0.05) is 51.9 Å². The second-order valence-corrected chi connectivity index (χ2v) is 11.5. The predicted molar refractivity (Wildman–Crippen MR) is 158 cm³/mol. The molecule has 40 heavy (non-hydrogen) atoms. The third-order valence-electron chi connectivity index (χ3n) is 5.72. The summed E-state index contributed by atoms with van der Waals surface area (Å²) >= 11 is 0. The van der Waals surface area contributed by atoms with E-state index in [1.807, 2.05) is 30.3 Å². The van der Waals surface area contributed by atoms with Crippen molar-refractivity contribution < 1.29 is 38.4 Å². The number of nitrogens with zero attached hydrogens (tertiary/aromatic N) is 1. The zero-order valence-electron chi connectivity index (χ0n) is 23.6. The van der Waals surface area contributed by atoms with Crippen LogP contribution in [0, 0.1) is 0 Å². The molecular weight excluding hydrogens is 558 g/mol. The Bertz CT molecular complexity index is 822. The first-order chi connectivity index (χ1) is 19.3. The molecule has 0 aliphatic carbocycles. The lowest BCUT2D eigenvalue weighted by atomic mass is 10.1. The van der Waals surface area contributed by atoms with Crippen molar-refractivity contribution in [1.29, 1.82) is 0 Å². The number of benzene rings is 1. The fraction of sp³-hybridized carbons (Fsp3) is 0.667. The Balaban J connectivity index is 1.82. The number of carbonyl (C=O) groups is 3. The summed E-state index contributed by atoms with van der Waals surface area (Å²) in [5.74, 6) is -0.128. The van der Waals surface area contributed by atoms with Crippen LogP contribution in [-0.2, 0) is 39.8 Å². The SMILES string of the molecule is C[C@@H](C(=O)O)N(C)C(=O)CCSSCCOCCOCCOCCOCCCN[C@H](Cc1ccccc1)C(N)=O. The van der Waals surface area contributed by atoms with Gasteiger partial charge in [0.2, 0.25) is 11.8 Å². The second kappa shape index (κ2) is 23.8. The van der Waals surface area contributed by atoms with Gasteiger partial charge in [-0.25, -0.2) is 4.79 Å². The Morgan fingerprint density at radius 1 is 0.900 bits per heavy atom. The molecule has 1 aromatic rings. The number of aliphatic carboxylic acids is 1. The number of carbonyl (C=O) groups excluding carboxylic acids is 2.